The Bertz CT molecular complexity index is 3170. The fraction of sp³-hybridized carbons (Fsp3) is 0.431. The predicted octanol–water partition coefficient (Wildman–Crippen LogP) is -3.84. The number of H-pyrrole nitrogens is 1. The van der Waals surface area contributed by atoms with Crippen LogP contribution in [0.2, 0.25) is 0 Å². The van der Waals surface area contributed by atoms with Crippen LogP contribution in [-0.4, -0.2) is 176 Å². The summed E-state index contributed by atoms with van der Waals surface area (Å²) in [4.78, 5) is 167. The van der Waals surface area contributed by atoms with Crippen LogP contribution in [0.4, 0.5) is 0 Å². The van der Waals surface area contributed by atoms with Gasteiger partial charge in [0.2, 0.25) is 59.1 Å². The average molecular weight is 1240 g/mol. The van der Waals surface area contributed by atoms with E-state index < -0.39 is 157 Å². The van der Waals surface area contributed by atoms with Crippen molar-refractivity contribution in [1.82, 2.24) is 52.8 Å². The summed E-state index contributed by atoms with van der Waals surface area (Å²) >= 11 is 0. The first-order valence-corrected chi connectivity index (χ1v) is 28.3. The number of aliphatic imine (C=N–C) groups is 1. The largest absolute Gasteiger partial charge is 0.508 e. The van der Waals surface area contributed by atoms with E-state index in [4.69, 9.17) is 22.9 Å². The molecule has 482 valence electrons. The van der Waals surface area contributed by atoms with Crippen LogP contribution in [0.25, 0.3) is 10.9 Å². The molecule has 0 fully saturated rings. The Labute approximate surface area is 511 Å². The molecule has 0 aliphatic carbocycles. The van der Waals surface area contributed by atoms with E-state index in [1.165, 1.54) is 52.0 Å². The molecule has 0 saturated carbocycles. The van der Waals surface area contributed by atoms with E-state index in [-0.39, 0.29) is 56.8 Å². The molecule has 1 heterocycles. The molecule has 4 aromatic rings. The SMILES string of the molecule is CC(C)[C@H](NC(=O)[C@H](Cc1ccccc1)NC(=O)[C@H](C)NC(=O)[C@H](C)NC(=O)[C@H](CCC(N)=O)NC(=O)[C@H](CCCN=C(N)N)NC(=O)[C@@H](N)Cc1c[nH]c2ccccc12)C(=O)N[C@@H](CC(=O)O)C(=O)N[C@@H](CO)C(=O)N[C@@H](Cc1ccc(O)cc1)C(=O)O. The number of amides is 10. The monoisotopic (exact) mass is 1240 g/mol. The Balaban J connectivity index is 1.44. The number of carbonyl (C=O) groups is 12. The molecule has 22 N–H and O–H groups in total. The Morgan fingerprint density at radius 1 is 0.528 bits per heavy atom. The molecule has 3 aromatic carbocycles. The first-order valence-electron chi connectivity index (χ1n) is 28.3. The Kier molecular flexibility index (Phi) is 27.9. The molecule has 0 aliphatic rings. The van der Waals surface area contributed by atoms with Gasteiger partial charge in [0.15, 0.2) is 5.96 Å². The van der Waals surface area contributed by atoms with E-state index in [9.17, 15) is 78.0 Å². The van der Waals surface area contributed by atoms with Crippen molar-refractivity contribution in [2.45, 2.75) is 139 Å². The van der Waals surface area contributed by atoms with E-state index in [1.54, 1.807) is 36.5 Å². The zero-order valence-electron chi connectivity index (χ0n) is 49.4. The maximum Gasteiger partial charge on any atom is 0.326 e. The fourth-order valence-electron chi connectivity index (χ4n) is 8.89. The van der Waals surface area contributed by atoms with E-state index in [2.05, 4.69) is 57.8 Å². The number of benzene rings is 3. The number of nitrogens with zero attached hydrogens (tertiary/aromatic N) is 1. The number of aromatic amines is 1. The summed E-state index contributed by atoms with van der Waals surface area (Å²) in [6, 6.07) is 5.81. The van der Waals surface area contributed by atoms with Crippen molar-refractivity contribution in [3.05, 3.63) is 102 Å². The smallest absolute Gasteiger partial charge is 0.326 e. The number of carboxylic acid groups (broad SMARTS) is 2. The summed E-state index contributed by atoms with van der Waals surface area (Å²) < 4.78 is 0. The molecule has 1 aromatic heterocycles. The molecule has 10 atom stereocenters. The quantitative estimate of drug-likeness (QED) is 0.0118. The number of para-hydroxylation sites is 1. The number of aliphatic hydroxyl groups excluding tert-OH is 1. The number of rotatable bonds is 36. The lowest BCUT2D eigenvalue weighted by Gasteiger charge is -2.28. The summed E-state index contributed by atoms with van der Waals surface area (Å²) in [5.74, 6) is -14.0. The zero-order valence-corrected chi connectivity index (χ0v) is 49.4. The number of guanidine groups is 1. The lowest BCUT2D eigenvalue weighted by atomic mass is 10.00. The molecule has 0 unspecified atom stereocenters. The highest BCUT2D eigenvalue weighted by molar-refractivity contribution is 5.99. The van der Waals surface area contributed by atoms with Gasteiger partial charge in [0, 0.05) is 42.9 Å². The molecule has 0 radical (unpaired) electrons. The predicted molar refractivity (Wildman–Crippen MR) is 321 cm³/mol. The van der Waals surface area contributed by atoms with Crippen LogP contribution in [0.15, 0.2) is 90.1 Å². The number of carbonyl (C=O) groups excluding carboxylic acids is 10. The first-order chi connectivity index (χ1) is 42.1. The maximum atomic E-state index is 14.2. The lowest BCUT2D eigenvalue weighted by molar-refractivity contribution is -0.143. The molecule has 0 aliphatic heterocycles. The number of hydrogen-bond acceptors (Lipinski definition) is 16. The standard InChI is InChI=1S/C58H79N15O16/c1-29(2)47(56(87)70-42(26-46(77)78)53(84)72-44(28-74)55(86)71-43(57(88)89)24-33-16-18-35(75)19-17-33)73-54(85)41(23-32-11-6-5-7-12-32)69-49(80)31(4)65-48(79)30(3)66-51(82)40(20-21-45(60)76)68-52(83)39(15-10-22-63-58(61)62)67-50(81)37(59)25-34-27-64-38-14-9-8-13-36(34)38/h5-9,11-14,16-19,27,29-31,37,39-44,47,64,74-75H,10,15,20-26,28,59H2,1-4H3,(H2,60,76)(H,65,79)(H,66,82)(H,67,81)(H,68,83)(H,69,80)(H,70,87)(H,71,86)(H,72,84)(H,73,85)(H,77,78)(H,88,89)(H4,61,62,63)/t30-,31-,37-,39-,40-,41-,42-,43-,44-,47-/m0/s1. The second kappa shape index (κ2) is 34.8. The van der Waals surface area contributed by atoms with Gasteiger partial charge in [-0.1, -0.05) is 74.5 Å². The van der Waals surface area contributed by atoms with Crippen molar-refractivity contribution in [1.29, 1.82) is 0 Å². The molecule has 10 amide bonds. The fourth-order valence-corrected chi connectivity index (χ4v) is 8.89. The van der Waals surface area contributed by atoms with Crippen LogP contribution in [0.1, 0.15) is 76.5 Å². The maximum absolute atomic E-state index is 14.2. The van der Waals surface area contributed by atoms with E-state index in [0.29, 0.717) is 11.1 Å². The molecule has 4 rings (SSSR count). The molecular weight excluding hydrogens is 1160 g/mol. The Morgan fingerprint density at radius 3 is 1.63 bits per heavy atom. The highest BCUT2D eigenvalue weighted by Crippen LogP contribution is 2.19. The number of aliphatic carboxylic acids is 2. The van der Waals surface area contributed by atoms with Crippen LogP contribution < -0.4 is 70.8 Å². The van der Waals surface area contributed by atoms with Crippen LogP contribution >= 0.6 is 0 Å². The molecule has 0 bridgehead atoms. The second-order valence-corrected chi connectivity index (χ2v) is 21.4. The lowest BCUT2D eigenvalue weighted by Crippen LogP contribution is -2.61. The zero-order chi connectivity index (χ0) is 66.1. The van der Waals surface area contributed by atoms with Gasteiger partial charge in [0.05, 0.1) is 19.1 Å². The summed E-state index contributed by atoms with van der Waals surface area (Å²) in [6.07, 6.45) is -0.378. The third-order valence-corrected chi connectivity index (χ3v) is 13.8. The molecule has 31 heteroatoms. The van der Waals surface area contributed by atoms with Gasteiger partial charge in [0.25, 0.3) is 0 Å². The molecule has 0 spiro atoms. The molecule has 31 nitrogen and oxygen atoms in total. The average Bonchev–Trinajstić information content (AvgIpc) is 2.51. The van der Waals surface area contributed by atoms with E-state index in [0.717, 1.165) is 16.5 Å². The van der Waals surface area contributed by atoms with Crippen LogP contribution in [0.3, 0.4) is 0 Å². The van der Waals surface area contributed by atoms with E-state index >= 15 is 0 Å². The number of nitrogens with two attached hydrogens (primary N) is 4. The van der Waals surface area contributed by atoms with Crippen LogP contribution in [0, 0.1) is 5.92 Å². The van der Waals surface area contributed by atoms with Gasteiger partial charge in [0.1, 0.15) is 60.1 Å². The van der Waals surface area contributed by atoms with Gasteiger partial charge in [-0.3, -0.25) is 57.7 Å². The number of nitrogens with one attached hydrogen (secondary N) is 10. The molecule has 89 heavy (non-hydrogen) atoms. The van der Waals surface area contributed by atoms with Crippen molar-refractivity contribution in [2.24, 2.45) is 33.8 Å². The number of phenols is 1. The highest BCUT2D eigenvalue weighted by Gasteiger charge is 2.36. The number of carboxylic acids is 2. The molecule has 0 saturated heterocycles. The number of aromatic hydroxyl groups is 1. The van der Waals surface area contributed by atoms with Gasteiger partial charge >= 0.3 is 11.9 Å². The van der Waals surface area contributed by atoms with E-state index in [1.807, 2.05) is 24.3 Å². The normalized spacial score (nSPS) is 14.4. The first kappa shape index (κ1) is 71.3. The van der Waals surface area contributed by atoms with Gasteiger partial charge in [-0.05, 0) is 80.3 Å². The number of primary amides is 1. The summed E-state index contributed by atoms with van der Waals surface area (Å²) in [6.45, 7) is 4.47. The third kappa shape index (κ3) is 23.6. The highest BCUT2D eigenvalue weighted by atomic mass is 16.4. The summed E-state index contributed by atoms with van der Waals surface area (Å²) in [5, 5.41) is 61.6. The number of aliphatic hydroxyl groups is 1. The minimum Gasteiger partial charge on any atom is -0.508 e. The second-order valence-electron chi connectivity index (χ2n) is 21.4. The van der Waals surface area contributed by atoms with Crippen molar-refractivity contribution in [3.8, 4) is 5.75 Å². The van der Waals surface area contributed by atoms with Gasteiger partial charge in [-0.25, -0.2) is 4.79 Å². The summed E-state index contributed by atoms with van der Waals surface area (Å²) in [7, 11) is 0. The number of phenolic OH excluding ortho intramolecular Hbond substituents is 1. The van der Waals surface area contributed by atoms with Gasteiger partial charge < -0.3 is 96.2 Å². The van der Waals surface area contributed by atoms with Crippen molar-refractivity contribution in [3.63, 3.8) is 0 Å². The number of fused-ring (bicyclic) bond motifs is 1. The molecular formula is C58H79N15O16. The van der Waals surface area contributed by atoms with Gasteiger partial charge in [-0.15, -0.1) is 0 Å². The minimum atomic E-state index is -1.94. The minimum absolute atomic E-state index is 0.0437. The van der Waals surface area contributed by atoms with Crippen molar-refractivity contribution < 1.29 is 78.0 Å². The topological polar surface area (TPSA) is 526 Å². The Morgan fingerprint density at radius 2 is 1.02 bits per heavy atom. The summed E-state index contributed by atoms with van der Waals surface area (Å²) in [5.41, 5.74) is 25.1. The van der Waals surface area contributed by atoms with Gasteiger partial charge in [-0.2, -0.15) is 0 Å². The van der Waals surface area contributed by atoms with Crippen molar-refractivity contribution in [2.75, 3.05) is 13.2 Å². The number of aromatic nitrogens is 1. The Hall–Kier alpha value is -10.2. The van der Waals surface area contributed by atoms with Crippen molar-refractivity contribution >= 4 is 87.9 Å². The third-order valence-electron chi connectivity index (χ3n) is 13.8. The number of hydrogen-bond donors (Lipinski definition) is 18. The van der Waals surface area contributed by atoms with Crippen LogP contribution in [-0.2, 0) is 76.8 Å². The van der Waals surface area contributed by atoms with Crippen LogP contribution in [0.5, 0.6) is 5.75 Å².